The van der Waals surface area contributed by atoms with Gasteiger partial charge in [-0.2, -0.15) is 5.10 Å². The minimum absolute atomic E-state index is 0.176. The summed E-state index contributed by atoms with van der Waals surface area (Å²) in [5.74, 6) is 0.751. The van der Waals surface area contributed by atoms with Gasteiger partial charge in [0.1, 0.15) is 0 Å². The third-order valence-electron chi connectivity index (χ3n) is 4.58. The fourth-order valence-electron chi connectivity index (χ4n) is 3.30. The molecule has 0 radical (unpaired) electrons. The predicted molar refractivity (Wildman–Crippen MR) is 79.2 cm³/mol. The van der Waals surface area contributed by atoms with Gasteiger partial charge in [-0.1, -0.05) is 0 Å². The second-order valence-corrected chi connectivity index (χ2v) is 6.11. The second kappa shape index (κ2) is 5.06. The van der Waals surface area contributed by atoms with Crippen LogP contribution in [0.2, 0.25) is 0 Å². The van der Waals surface area contributed by atoms with Crippen molar-refractivity contribution < 1.29 is 4.79 Å². The summed E-state index contributed by atoms with van der Waals surface area (Å²) in [5, 5.41) is 4.32. The standard InChI is InChI=1S/C16H20N4O/c21-16(14-6-8-17-15(14)12-4-5-12)19-9-1-3-13(11-19)20-10-2-7-18-20/h2,6-8,10,12-13,17H,1,3-5,9,11H2. The van der Waals surface area contributed by atoms with Crippen molar-refractivity contribution in [2.45, 2.75) is 37.6 Å². The van der Waals surface area contributed by atoms with Crippen molar-refractivity contribution in [3.8, 4) is 0 Å². The third kappa shape index (κ3) is 2.37. The van der Waals surface area contributed by atoms with Crippen molar-refractivity contribution in [3.05, 3.63) is 42.0 Å². The van der Waals surface area contributed by atoms with E-state index in [0.29, 0.717) is 12.0 Å². The lowest BCUT2D eigenvalue weighted by Gasteiger charge is -2.33. The number of carbonyl (C=O) groups excluding carboxylic acids is 1. The maximum absolute atomic E-state index is 12.8. The molecule has 110 valence electrons. The normalized spacial score (nSPS) is 22.5. The molecule has 0 spiro atoms. The Morgan fingerprint density at radius 2 is 2.24 bits per heavy atom. The van der Waals surface area contributed by atoms with E-state index in [1.165, 1.54) is 12.8 Å². The van der Waals surface area contributed by atoms with Crippen LogP contribution < -0.4 is 0 Å². The first-order valence-corrected chi connectivity index (χ1v) is 7.78. The van der Waals surface area contributed by atoms with E-state index in [9.17, 15) is 4.79 Å². The molecule has 4 rings (SSSR count). The van der Waals surface area contributed by atoms with Crippen molar-refractivity contribution in [1.29, 1.82) is 0 Å². The van der Waals surface area contributed by atoms with E-state index in [1.54, 1.807) is 6.20 Å². The Morgan fingerprint density at radius 3 is 3.00 bits per heavy atom. The SMILES string of the molecule is O=C(c1cc[nH]c1C1CC1)N1CCCC(n2cccn2)C1. The van der Waals surface area contributed by atoms with Gasteiger partial charge in [0, 0.05) is 37.4 Å². The minimum Gasteiger partial charge on any atom is -0.364 e. The largest absolute Gasteiger partial charge is 0.364 e. The van der Waals surface area contributed by atoms with Crippen molar-refractivity contribution in [1.82, 2.24) is 19.7 Å². The van der Waals surface area contributed by atoms with Crippen molar-refractivity contribution in [2.75, 3.05) is 13.1 Å². The zero-order valence-corrected chi connectivity index (χ0v) is 12.0. The molecule has 5 nitrogen and oxygen atoms in total. The number of nitrogens with zero attached hydrogens (tertiary/aromatic N) is 3. The summed E-state index contributed by atoms with van der Waals surface area (Å²) in [6, 6.07) is 4.19. The molecule has 3 heterocycles. The summed E-state index contributed by atoms with van der Waals surface area (Å²) in [5.41, 5.74) is 2.01. The summed E-state index contributed by atoms with van der Waals surface area (Å²) >= 11 is 0. The minimum atomic E-state index is 0.176. The molecule has 1 unspecified atom stereocenters. The van der Waals surface area contributed by atoms with Crippen LogP contribution in [0.15, 0.2) is 30.7 Å². The molecule has 1 atom stereocenters. The molecule has 2 aliphatic rings. The molecule has 1 aliphatic carbocycles. The maximum atomic E-state index is 12.8. The molecular formula is C16H20N4O. The van der Waals surface area contributed by atoms with Crippen molar-refractivity contribution in [3.63, 3.8) is 0 Å². The van der Waals surface area contributed by atoms with E-state index in [4.69, 9.17) is 0 Å². The van der Waals surface area contributed by atoms with Crippen molar-refractivity contribution in [2.24, 2.45) is 0 Å². The lowest BCUT2D eigenvalue weighted by molar-refractivity contribution is 0.0672. The fourth-order valence-corrected chi connectivity index (χ4v) is 3.30. The van der Waals surface area contributed by atoms with Gasteiger partial charge < -0.3 is 9.88 Å². The van der Waals surface area contributed by atoms with E-state index < -0.39 is 0 Å². The Morgan fingerprint density at radius 1 is 1.33 bits per heavy atom. The highest BCUT2D eigenvalue weighted by molar-refractivity contribution is 5.95. The Balaban J connectivity index is 1.52. The highest BCUT2D eigenvalue weighted by atomic mass is 16.2. The molecule has 21 heavy (non-hydrogen) atoms. The van der Waals surface area contributed by atoms with Crippen LogP contribution in [0.4, 0.5) is 0 Å². The average molecular weight is 284 g/mol. The molecule has 1 aliphatic heterocycles. The third-order valence-corrected chi connectivity index (χ3v) is 4.58. The molecule has 1 amide bonds. The predicted octanol–water partition coefficient (Wildman–Crippen LogP) is 2.57. The van der Waals surface area contributed by atoms with Gasteiger partial charge in [0.15, 0.2) is 0 Å². The number of likely N-dealkylation sites (tertiary alicyclic amines) is 1. The number of H-pyrrole nitrogens is 1. The first kappa shape index (κ1) is 12.7. The summed E-state index contributed by atoms with van der Waals surface area (Å²) in [4.78, 5) is 18.1. The zero-order chi connectivity index (χ0) is 14.2. The molecular weight excluding hydrogens is 264 g/mol. The van der Waals surface area contributed by atoms with Crippen LogP contribution in [-0.4, -0.2) is 38.7 Å². The van der Waals surface area contributed by atoms with E-state index in [2.05, 4.69) is 10.1 Å². The Kier molecular flexibility index (Phi) is 3.05. The van der Waals surface area contributed by atoms with Gasteiger partial charge in [-0.25, -0.2) is 0 Å². The molecule has 0 aromatic carbocycles. The van der Waals surface area contributed by atoms with Gasteiger partial charge in [0.05, 0.1) is 11.6 Å². The number of nitrogens with one attached hydrogen (secondary N) is 1. The van der Waals surface area contributed by atoms with Crippen molar-refractivity contribution >= 4 is 5.91 Å². The lowest BCUT2D eigenvalue weighted by Crippen LogP contribution is -2.41. The van der Waals surface area contributed by atoms with E-state index in [0.717, 1.165) is 37.2 Å². The first-order chi connectivity index (χ1) is 10.3. The van der Waals surface area contributed by atoms with Gasteiger partial charge in [-0.3, -0.25) is 9.48 Å². The number of amides is 1. The molecule has 5 heteroatoms. The number of hydrogen-bond acceptors (Lipinski definition) is 2. The molecule has 1 saturated heterocycles. The van der Waals surface area contributed by atoms with Crippen LogP contribution in [0.5, 0.6) is 0 Å². The van der Waals surface area contributed by atoms with E-state index in [-0.39, 0.29) is 5.91 Å². The Bertz CT molecular complexity index is 627. The zero-order valence-electron chi connectivity index (χ0n) is 12.0. The lowest BCUT2D eigenvalue weighted by atomic mass is 10.0. The maximum Gasteiger partial charge on any atom is 0.255 e. The Labute approximate surface area is 123 Å². The number of rotatable bonds is 3. The molecule has 1 saturated carbocycles. The van der Waals surface area contributed by atoms with Gasteiger partial charge in [0.2, 0.25) is 0 Å². The number of aromatic nitrogens is 3. The summed E-state index contributed by atoms with van der Waals surface area (Å²) < 4.78 is 1.98. The molecule has 2 aromatic rings. The van der Waals surface area contributed by atoms with Crippen LogP contribution in [0.25, 0.3) is 0 Å². The monoisotopic (exact) mass is 284 g/mol. The summed E-state index contributed by atoms with van der Waals surface area (Å²) in [6.45, 7) is 1.61. The number of aromatic amines is 1. The number of piperidine rings is 1. The van der Waals surface area contributed by atoms with Crippen LogP contribution in [0.3, 0.4) is 0 Å². The molecule has 0 bridgehead atoms. The highest BCUT2D eigenvalue weighted by Gasteiger charge is 2.32. The molecule has 1 N–H and O–H groups in total. The fraction of sp³-hybridized carbons (Fsp3) is 0.500. The van der Waals surface area contributed by atoms with Gasteiger partial charge >= 0.3 is 0 Å². The first-order valence-electron chi connectivity index (χ1n) is 7.78. The van der Waals surface area contributed by atoms with Gasteiger partial charge in [0.25, 0.3) is 5.91 Å². The van der Waals surface area contributed by atoms with Crippen LogP contribution >= 0.6 is 0 Å². The summed E-state index contributed by atoms with van der Waals surface area (Å²) in [7, 11) is 0. The second-order valence-electron chi connectivity index (χ2n) is 6.11. The smallest absolute Gasteiger partial charge is 0.255 e. The van der Waals surface area contributed by atoms with E-state index >= 15 is 0 Å². The van der Waals surface area contributed by atoms with Gasteiger partial charge in [-0.15, -0.1) is 0 Å². The highest BCUT2D eigenvalue weighted by Crippen LogP contribution is 2.41. The topological polar surface area (TPSA) is 53.9 Å². The number of carbonyl (C=O) groups is 1. The van der Waals surface area contributed by atoms with Crippen LogP contribution in [0.1, 0.15) is 53.7 Å². The van der Waals surface area contributed by atoms with Gasteiger partial charge in [-0.05, 0) is 43.7 Å². The molecule has 2 fully saturated rings. The molecule has 2 aromatic heterocycles. The van der Waals surface area contributed by atoms with Crippen LogP contribution in [0, 0.1) is 0 Å². The Hall–Kier alpha value is -2.04. The summed E-state index contributed by atoms with van der Waals surface area (Å²) in [6.07, 6.45) is 10.2. The average Bonchev–Trinajstić information content (AvgIpc) is 3.05. The quantitative estimate of drug-likeness (QED) is 0.941. The number of hydrogen-bond donors (Lipinski definition) is 1. The van der Waals surface area contributed by atoms with E-state index in [1.807, 2.05) is 34.1 Å². The van der Waals surface area contributed by atoms with Crippen LogP contribution in [-0.2, 0) is 0 Å².